The molecule has 1 amide bonds. The summed E-state index contributed by atoms with van der Waals surface area (Å²) in [6.45, 7) is 8.61. The van der Waals surface area contributed by atoms with E-state index in [9.17, 15) is 18.0 Å². The van der Waals surface area contributed by atoms with E-state index in [2.05, 4.69) is 4.98 Å². The van der Waals surface area contributed by atoms with Gasteiger partial charge in [0.25, 0.3) is 0 Å². The Labute approximate surface area is 172 Å². The molecule has 158 valence electrons. The Morgan fingerprint density at radius 2 is 1.90 bits per heavy atom. The summed E-state index contributed by atoms with van der Waals surface area (Å²) in [6, 6.07) is 6.84. The molecular weight excluding hydrogens is 403 g/mol. The molecule has 0 N–H and O–H groups in total. The van der Waals surface area contributed by atoms with E-state index in [1.807, 2.05) is 25.7 Å². The number of nitrogens with zero attached hydrogens (tertiary/aromatic N) is 3. The van der Waals surface area contributed by atoms with Crippen molar-refractivity contribution in [3.05, 3.63) is 29.3 Å². The Balaban J connectivity index is 1.95. The van der Waals surface area contributed by atoms with Gasteiger partial charge in [0.15, 0.2) is 0 Å². The topological polar surface area (TPSA) is 45.7 Å². The molecule has 1 atom stereocenters. The molecule has 0 saturated carbocycles. The molecule has 1 aliphatic heterocycles. The van der Waals surface area contributed by atoms with Crippen LogP contribution in [0.25, 0.3) is 11.3 Å². The Bertz CT molecular complexity index is 865. The van der Waals surface area contributed by atoms with Crippen molar-refractivity contribution in [2.45, 2.75) is 46.0 Å². The van der Waals surface area contributed by atoms with Crippen LogP contribution in [0.3, 0.4) is 0 Å². The standard InChI is InChI=1S/C20H24F3N3O2S/c1-12(2)28-16-7-5-15(6-8-16)17-18(29-19(24-17)20(21,22)23)25-9-10-26(14(4)27)13(3)11-25/h5-8,12-13H,9-11H2,1-4H3/t13-/m1/s1. The third kappa shape index (κ3) is 4.83. The van der Waals surface area contributed by atoms with Gasteiger partial charge in [0, 0.05) is 38.2 Å². The lowest BCUT2D eigenvalue weighted by Gasteiger charge is -2.40. The first-order valence-corrected chi connectivity index (χ1v) is 10.2. The van der Waals surface area contributed by atoms with Crippen LogP contribution < -0.4 is 9.64 Å². The molecule has 0 unspecified atom stereocenters. The van der Waals surface area contributed by atoms with Gasteiger partial charge in [0.05, 0.1) is 6.10 Å². The summed E-state index contributed by atoms with van der Waals surface area (Å²) in [5, 5.41) is -0.392. The minimum Gasteiger partial charge on any atom is -0.491 e. The van der Waals surface area contributed by atoms with Crippen molar-refractivity contribution < 1.29 is 22.7 Å². The first-order valence-electron chi connectivity index (χ1n) is 9.43. The molecule has 2 heterocycles. The highest BCUT2D eigenvalue weighted by molar-refractivity contribution is 7.16. The van der Waals surface area contributed by atoms with Gasteiger partial charge in [0.1, 0.15) is 16.4 Å². The van der Waals surface area contributed by atoms with Gasteiger partial charge >= 0.3 is 6.18 Å². The van der Waals surface area contributed by atoms with Crippen LogP contribution in [0.4, 0.5) is 18.2 Å². The van der Waals surface area contributed by atoms with E-state index in [0.29, 0.717) is 53.0 Å². The van der Waals surface area contributed by atoms with Crippen LogP contribution in [-0.4, -0.2) is 47.6 Å². The number of rotatable bonds is 4. The predicted molar refractivity (Wildman–Crippen MR) is 107 cm³/mol. The van der Waals surface area contributed by atoms with E-state index in [4.69, 9.17) is 4.74 Å². The van der Waals surface area contributed by atoms with Crippen molar-refractivity contribution in [2.24, 2.45) is 0 Å². The molecule has 3 rings (SSSR count). The number of hydrogen-bond acceptors (Lipinski definition) is 5. The van der Waals surface area contributed by atoms with Crippen molar-refractivity contribution in [1.29, 1.82) is 0 Å². The molecule has 1 aromatic heterocycles. The number of alkyl halides is 3. The number of halogens is 3. The highest BCUT2D eigenvalue weighted by atomic mass is 32.1. The molecule has 0 spiro atoms. The predicted octanol–water partition coefficient (Wildman–Crippen LogP) is 4.67. The minimum atomic E-state index is -4.51. The SMILES string of the molecule is CC(=O)N1CCN(c2sc(C(F)(F)F)nc2-c2ccc(OC(C)C)cc2)C[C@H]1C. The van der Waals surface area contributed by atoms with Gasteiger partial charge in [-0.25, -0.2) is 4.98 Å². The Kier molecular flexibility index (Phi) is 6.07. The number of carbonyl (C=O) groups excluding carboxylic acids is 1. The molecule has 5 nitrogen and oxygen atoms in total. The average molecular weight is 427 g/mol. The first-order chi connectivity index (χ1) is 13.6. The van der Waals surface area contributed by atoms with Crippen LogP contribution in [0.1, 0.15) is 32.7 Å². The van der Waals surface area contributed by atoms with E-state index >= 15 is 0 Å². The lowest BCUT2D eigenvalue weighted by Crippen LogP contribution is -2.53. The molecule has 1 aliphatic rings. The minimum absolute atomic E-state index is 0.00609. The molecule has 1 saturated heterocycles. The fourth-order valence-corrected chi connectivity index (χ4v) is 4.40. The van der Waals surface area contributed by atoms with Crippen molar-refractivity contribution >= 4 is 22.2 Å². The summed E-state index contributed by atoms with van der Waals surface area (Å²) in [5.74, 6) is 0.624. The second kappa shape index (κ2) is 8.22. The molecule has 0 radical (unpaired) electrons. The van der Waals surface area contributed by atoms with Crippen LogP contribution >= 0.6 is 11.3 Å². The number of hydrogen-bond donors (Lipinski definition) is 0. The summed E-state index contributed by atoms with van der Waals surface area (Å²) in [5.41, 5.74) is 0.909. The Morgan fingerprint density at radius 1 is 1.24 bits per heavy atom. The molecule has 0 bridgehead atoms. The molecule has 9 heteroatoms. The Morgan fingerprint density at radius 3 is 2.41 bits per heavy atom. The van der Waals surface area contributed by atoms with E-state index in [-0.39, 0.29) is 18.1 Å². The lowest BCUT2D eigenvalue weighted by molar-refractivity contribution is -0.137. The van der Waals surface area contributed by atoms with Crippen LogP contribution in [0.5, 0.6) is 5.75 Å². The largest absolute Gasteiger partial charge is 0.491 e. The van der Waals surface area contributed by atoms with E-state index in [1.54, 1.807) is 29.2 Å². The van der Waals surface area contributed by atoms with Gasteiger partial charge in [-0.2, -0.15) is 13.2 Å². The summed E-state index contributed by atoms with van der Waals surface area (Å²) >= 11 is 0.649. The fraction of sp³-hybridized carbons (Fsp3) is 0.500. The third-order valence-electron chi connectivity index (χ3n) is 4.67. The van der Waals surface area contributed by atoms with Gasteiger partial charge in [0.2, 0.25) is 10.9 Å². The number of amides is 1. The molecule has 1 fully saturated rings. The van der Waals surface area contributed by atoms with E-state index in [1.165, 1.54) is 6.92 Å². The molecule has 29 heavy (non-hydrogen) atoms. The zero-order valence-corrected chi connectivity index (χ0v) is 17.6. The van der Waals surface area contributed by atoms with Crippen LogP contribution in [0, 0.1) is 0 Å². The number of carbonyl (C=O) groups is 1. The van der Waals surface area contributed by atoms with Crippen LogP contribution in [0.2, 0.25) is 0 Å². The number of anilines is 1. The lowest BCUT2D eigenvalue weighted by atomic mass is 10.1. The highest BCUT2D eigenvalue weighted by Crippen LogP contribution is 2.43. The smallest absolute Gasteiger partial charge is 0.443 e. The average Bonchev–Trinajstić information content (AvgIpc) is 3.07. The fourth-order valence-electron chi connectivity index (χ4n) is 3.41. The number of piperazine rings is 1. The highest BCUT2D eigenvalue weighted by Gasteiger charge is 2.38. The molecular formula is C20H24F3N3O2S. The summed E-state index contributed by atoms with van der Waals surface area (Å²) in [4.78, 5) is 19.3. The van der Waals surface area contributed by atoms with Gasteiger partial charge < -0.3 is 14.5 Å². The quantitative estimate of drug-likeness (QED) is 0.711. The monoisotopic (exact) mass is 427 g/mol. The van der Waals surface area contributed by atoms with Crippen molar-refractivity contribution in [3.63, 3.8) is 0 Å². The number of ether oxygens (including phenoxy) is 1. The van der Waals surface area contributed by atoms with Crippen molar-refractivity contribution in [1.82, 2.24) is 9.88 Å². The molecule has 2 aromatic rings. The third-order valence-corrected chi connectivity index (χ3v) is 5.83. The zero-order valence-electron chi connectivity index (χ0n) is 16.8. The zero-order chi connectivity index (χ0) is 21.3. The normalized spacial score (nSPS) is 17.7. The van der Waals surface area contributed by atoms with Gasteiger partial charge in [-0.1, -0.05) is 11.3 Å². The number of aromatic nitrogens is 1. The van der Waals surface area contributed by atoms with Crippen LogP contribution in [-0.2, 0) is 11.0 Å². The number of benzene rings is 1. The first kappa shape index (κ1) is 21.4. The number of thiazole rings is 1. The summed E-state index contributed by atoms with van der Waals surface area (Å²) < 4.78 is 45.7. The molecule has 1 aromatic carbocycles. The second-order valence-electron chi connectivity index (χ2n) is 7.37. The van der Waals surface area contributed by atoms with Crippen molar-refractivity contribution in [3.8, 4) is 17.0 Å². The molecule has 0 aliphatic carbocycles. The van der Waals surface area contributed by atoms with Gasteiger partial charge in [-0.3, -0.25) is 4.79 Å². The maximum atomic E-state index is 13.4. The summed E-state index contributed by atoms with van der Waals surface area (Å²) in [6.07, 6.45) is -4.50. The Hall–Kier alpha value is -2.29. The van der Waals surface area contributed by atoms with Gasteiger partial charge in [-0.15, -0.1) is 0 Å². The van der Waals surface area contributed by atoms with E-state index in [0.717, 1.165) is 0 Å². The maximum absolute atomic E-state index is 13.4. The van der Waals surface area contributed by atoms with Gasteiger partial charge in [-0.05, 0) is 45.0 Å². The van der Waals surface area contributed by atoms with Crippen LogP contribution in [0.15, 0.2) is 24.3 Å². The van der Waals surface area contributed by atoms with E-state index < -0.39 is 11.2 Å². The van der Waals surface area contributed by atoms with Crippen molar-refractivity contribution in [2.75, 3.05) is 24.5 Å². The summed E-state index contributed by atoms with van der Waals surface area (Å²) in [7, 11) is 0. The second-order valence-corrected chi connectivity index (χ2v) is 8.35. The maximum Gasteiger partial charge on any atom is 0.443 e.